The predicted molar refractivity (Wildman–Crippen MR) is 84.1 cm³/mol. The Balaban J connectivity index is 2.21. The van der Waals surface area contributed by atoms with Crippen LogP contribution in [0.3, 0.4) is 0 Å². The smallest absolute Gasteiger partial charge is 0.254 e. The van der Waals surface area contributed by atoms with Crippen molar-refractivity contribution in [3.05, 3.63) is 23.8 Å². The monoisotopic (exact) mass is 275 g/mol. The van der Waals surface area contributed by atoms with Crippen molar-refractivity contribution in [2.45, 2.75) is 32.7 Å². The van der Waals surface area contributed by atoms with Gasteiger partial charge in [-0.05, 0) is 37.0 Å². The Morgan fingerprint density at radius 3 is 2.45 bits per heavy atom. The van der Waals surface area contributed by atoms with E-state index in [2.05, 4.69) is 13.8 Å². The van der Waals surface area contributed by atoms with E-state index in [1.807, 2.05) is 36.0 Å². The molecule has 0 aliphatic heterocycles. The first-order chi connectivity index (χ1) is 9.40. The molecular formula is C16H25N3O. The third kappa shape index (κ3) is 3.24. The summed E-state index contributed by atoms with van der Waals surface area (Å²) in [4.78, 5) is 16.6. The van der Waals surface area contributed by atoms with Gasteiger partial charge in [0.25, 0.3) is 5.91 Å². The molecule has 0 saturated heterocycles. The molecule has 0 bridgehead atoms. The van der Waals surface area contributed by atoms with Gasteiger partial charge >= 0.3 is 0 Å². The molecule has 0 unspecified atom stereocenters. The summed E-state index contributed by atoms with van der Waals surface area (Å²) < 4.78 is 0. The number of hydrogen-bond donors (Lipinski definition) is 1. The molecule has 1 aromatic carbocycles. The molecule has 0 spiro atoms. The quantitative estimate of drug-likeness (QED) is 0.840. The van der Waals surface area contributed by atoms with Crippen molar-refractivity contribution in [2.75, 3.05) is 31.3 Å². The average Bonchev–Trinajstić information content (AvgIpc) is 3.18. The van der Waals surface area contributed by atoms with Crippen molar-refractivity contribution in [1.29, 1.82) is 0 Å². The number of anilines is 2. The summed E-state index contributed by atoms with van der Waals surface area (Å²) in [6.45, 7) is 5.11. The van der Waals surface area contributed by atoms with Gasteiger partial charge in [0.1, 0.15) is 0 Å². The lowest BCUT2D eigenvalue weighted by Gasteiger charge is -2.25. The van der Waals surface area contributed by atoms with Crippen molar-refractivity contribution in [3.8, 4) is 0 Å². The lowest BCUT2D eigenvalue weighted by atomic mass is 10.1. The number of amides is 1. The topological polar surface area (TPSA) is 49.6 Å². The second kappa shape index (κ2) is 5.73. The maximum absolute atomic E-state index is 12.7. The molecule has 0 heterocycles. The Morgan fingerprint density at radius 2 is 2.00 bits per heavy atom. The van der Waals surface area contributed by atoms with Gasteiger partial charge in [0.2, 0.25) is 0 Å². The first-order valence-corrected chi connectivity index (χ1v) is 7.28. The minimum atomic E-state index is 0.109. The maximum Gasteiger partial charge on any atom is 0.254 e. The Labute approximate surface area is 121 Å². The summed E-state index contributed by atoms with van der Waals surface area (Å²) in [6, 6.07) is 6.03. The highest BCUT2D eigenvalue weighted by atomic mass is 16.2. The van der Waals surface area contributed by atoms with Crippen LogP contribution in [0, 0.1) is 5.92 Å². The second-order valence-corrected chi connectivity index (χ2v) is 6.25. The van der Waals surface area contributed by atoms with E-state index in [1.54, 1.807) is 6.07 Å². The lowest BCUT2D eigenvalue weighted by molar-refractivity contribution is 0.0722. The normalized spacial score (nSPS) is 14.4. The average molecular weight is 275 g/mol. The zero-order valence-electron chi connectivity index (χ0n) is 12.9. The van der Waals surface area contributed by atoms with Crippen LogP contribution < -0.4 is 10.6 Å². The number of carbonyl (C=O) groups excluding carboxylic acids is 1. The summed E-state index contributed by atoms with van der Waals surface area (Å²) >= 11 is 0. The minimum Gasteiger partial charge on any atom is -0.397 e. The van der Waals surface area contributed by atoms with Crippen LogP contribution in [0.4, 0.5) is 11.4 Å². The summed E-state index contributed by atoms with van der Waals surface area (Å²) in [5.74, 6) is 0.594. The minimum absolute atomic E-state index is 0.109. The van der Waals surface area contributed by atoms with Gasteiger partial charge in [0.05, 0.1) is 11.4 Å². The molecule has 2 N–H and O–H groups in total. The van der Waals surface area contributed by atoms with E-state index >= 15 is 0 Å². The summed E-state index contributed by atoms with van der Waals surface area (Å²) in [6.07, 6.45) is 2.26. The molecule has 0 aromatic heterocycles. The number of benzene rings is 1. The largest absolute Gasteiger partial charge is 0.397 e. The Hall–Kier alpha value is -1.71. The highest BCUT2D eigenvalue weighted by molar-refractivity contribution is 5.96. The van der Waals surface area contributed by atoms with Gasteiger partial charge in [-0.3, -0.25) is 4.79 Å². The van der Waals surface area contributed by atoms with Crippen molar-refractivity contribution in [2.24, 2.45) is 5.92 Å². The van der Waals surface area contributed by atoms with E-state index in [9.17, 15) is 4.79 Å². The van der Waals surface area contributed by atoms with Crippen LogP contribution in [-0.4, -0.2) is 37.5 Å². The SMILES string of the molecule is CC(C)CN(C(=O)c1ccc(N(C)C)c(N)c1)C1CC1. The molecule has 1 aromatic rings. The van der Waals surface area contributed by atoms with E-state index < -0.39 is 0 Å². The fraction of sp³-hybridized carbons (Fsp3) is 0.562. The molecule has 1 saturated carbocycles. The van der Waals surface area contributed by atoms with E-state index in [4.69, 9.17) is 5.73 Å². The van der Waals surface area contributed by atoms with Gasteiger partial charge in [-0.1, -0.05) is 13.8 Å². The van der Waals surface area contributed by atoms with Crippen molar-refractivity contribution >= 4 is 17.3 Å². The Bertz CT molecular complexity index is 492. The highest BCUT2D eigenvalue weighted by Gasteiger charge is 2.33. The first kappa shape index (κ1) is 14.7. The van der Waals surface area contributed by atoms with Crippen LogP contribution in [0.2, 0.25) is 0 Å². The number of nitrogens with zero attached hydrogens (tertiary/aromatic N) is 2. The van der Waals surface area contributed by atoms with E-state index in [-0.39, 0.29) is 5.91 Å². The fourth-order valence-electron chi connectivity index (χ4n) is 2.44. The van der Waals surface area contributed by atoms with Crippen molar-refractivity contribution in [1.82, 2.24) is 4.90 Å². The zero-order chi connectivity index (χ0) is 14.9. The standard InChI is InChI=1S/C16H25N3O/c1-11(2)10-19(13-6-7-13)16(20)12-5-8-15(18(3)4)14(17)9-12/h5,8-9,11,13H,6-7,10,17H2,1-4H3. The number of carbonyl (C=O) groups is 1. The van der Waals surface area contributed by atoms with Gasteiger partial charge in [-0.25, -0.2) is 0 Å². The van der Waals surface area contributed by atoms with Crippen LogP contribution in [0.25, 0.3) is 0 Å². The Kier molecular flexibility index (Phi) is 4.21. The zero-order valence-corrected chi connectivity index (χ0v) is 12.9. The van der Waals surface area contributed by atoms with E-state index in [1.165, 1.54) is 0 Å². The van der Waals surface area contributed by atoms with E-state index in [0.29, 0.717) is 23.2 Å². The van der Waals surface area contributed by atoms with Crippen LogP contribution in [0.1, 0.15) is 37.0 Å². The van der Waals surface area contributed by atoms with Crippen molar-refractivity contribution < 1.29 is 4.79 Å². The highest BCUT2D eigenvalue weighted by Crippen LogP contribution is 2.30. The van der Waals surface area contributed by atoms with Gasteiger partial charge in [-0.15, -0.1) is 0 Å². The molecule has 1 amide bonds. The van der Waals surface area contributed by atoms with Gasteiger partial charge in [0.15, 0.2) is 0 Å². The summed E-state index contributed by atoms with van der Waals surface area (Å²) in [5.41, 5.74) is 8.34. The maximum atomic E-state index is 12.7. The third-order valence-corrected chi connectivity index (χ3v) is 3.57. The molecule has 20 heavy (non-hydrogen) atoms. The third-order valence-electron chi connectivity index (χ3n) is 3.57. The van der Waals surface area contributed by atoms with Gasteiger partial charge in [-0.2, -0.15) is 0 Å². The van der Waals surface area contributed by atoms with Crippen LogP contribution >= 0.6 is 0 Å². The molecule has 4 nitrogen and oxygen atoms in total. The molecule has 1 aliphatic carbocycles. The van der Waals surface area contributed by atoms with Gasteiger partial charge < -0.3 is 15.5 Å². The van der Waals surface area contributed by atoms with Crippen LogP contribution in [-0.2, 0) is 0 Å². The molecule has 0 atom stereocenters. The predicted octanol–water partition coefficient (Wildman–Crippen LogP) is 2.60. The number of hydrogen-bond acceptors (Lipinski definition) is 3. The van der Waals surface area contributed by atoms with Gasteiger partial charge in [0, 0.05) is 32.2 Å². The molecular weight excluding hydrogens is 250 g/mol. The molecule has 1 aliphatic rings. The molecule has 4 heteroatoms. The number of rotatable bonds is 5. The Morgan fingerprint density at radius 1 is 1.35 bits per heavy atom. The molecule has 1 fully saturated rings. The van der Waals surface area contributed by atoms with Crippen LogP contribution in [0.5, 0.6) is 0 Å². The number of nitrogens with two attached hydrogens (primary N) is 1. The van der Waals surface area contributed by atoms with Crippen molar-refractivity contribution in [3.63, 3.8) is 0 Å². The molecule has 110 valence electrons. The second-order valence-electron chi connectivity index (χ2n) is 6.25. The van der Waals surface area contributed by atoms with Crippen LogP contribution in [0.15, 0.2) is 18.2 Å². The lowest BCUT2D eigenvalue weighted by Crippen LogP contribution is -2.36. The number of nitrogen functional groups attached to an aromatic ring is 1. The first-order valence-electron chi connectivity index (χ1n) is 7.28. The van der Waals surface area contributed by atoms with E-state index in [0.717, 1.165) is 25.1 Å². The fourth-order valence-corrected chi connectivity index (χ4v) is 2.44. The summed E-state index contributed by atoms with van der Waals surface area (Å²) in [7, 11) is 3.89. The molecule has 2 rings (SSSR count). The summed E-state index contributed by atoms with van der Waals surface area (Å²) in [5, 5.41) is 0. The molecule has 0 radical (unpaired) electrons.